The van der Waals surface area contributed by atoms with Crippen molar-refractivity contribution in [1.29, 1.82) is 0 Å². The van der Waals surface area contributed by atoms with Crippen molar-refractivity contribution in [2.45, 2.75) is 13.8 Å². The normalized spacial score (nSPS) is 11.8. The molecule has 2 amide bonds. The SMILES string of the molecule is Cc1ccc(/C=C(NC=O)/C(=C/c2ccc(C)cc2)NC=O)cc1. The average Bonchev–Trinajstić information content (AvgIpc) is 2.58. The van der Waals surface area contributed by atoms with Gasteiger partial charge in [0.2, 0.25) is 12.8 Å². The van der Waals surface area contributed by atoms with Crippen LogP contribution >= 0.6 is 0 Å². The first-order valence-electron chi connectivity index (χ1n) is 7.60. The largest absolute Gasteiger partial charge is 0.327 e. The molecule has 0 bridgehead atoms. The molecule has 4 nitrogen and oxygen atoms in total. The van der Waals surface area contributed by atoms with Crippen LogP contribution in [0.1, 0.15) is 22.3 Å². The summed E-state index contributed by atoms with van der Waals surface area (Å²) in [5.74, 6) is 0. The Balaban J connectivity index is 2.42. The monoisotopic (exact) mass is 320 g/mol. The molecule has 0 spiro atoms. The van der Waals surface area contributed by atoms with E-state index in [0.29, 0.717) is 24.2 Å². The number of carbonyl (C=O) groups is 2. The van der Waals surface area contributed by atoms with Crippen molar-refractivity contribution in [3.05, 3.63) is 82.2 Å². The fraction of sp³-hybridized carbons (Fsp3) is 0.100. The molecule has 0 heterocycles. The molecule has 0 aliphatic carbocycles. The van der Waals surface area contributed by atoms with Crippen LogP contribution < -0.4 is 10.6 Å². The van der Waals surface area contributed by atoms with Gasteiger partial charge in [0.15, 0.2) is 0 Å². The summed E-state index contributed by atoms with van der Waals surface area (Å²) in [6, 6.07) is 15.8. The molecule has 0 aromatic heterocycles. The summed E-state index contributed by atoms with van der Waals surface area (Å²) in [6.07, 6.45) is 4.81. The van der Waals surface area contributed by atoms with E-state index in [-0.39, 0.29) is 0 Å². The Labute approximate surface area is 141 Å². The number of hydrogen-bond acceptors (Lipinski definition) is 2. The number of hydrogen-bond donors (Lipinski definition) is 2. The molecule has 4 heteroatoms. The topological polar surface area (TPSA) is 58.2 Å². The predicted molar refractivity (Wildman–Crippen MR) is 96.7 cm³/mol. The zero-order valence-corrected chi connectivity index (χ0v) is 13.7. The number of benzene rings is 2. The second kappa shape index (κ2) is 8.48. The molecule has 24 heavy (non-hydrogen) atoms. The molecular weight excluding hydrogens is 300 g/mol. The summed E-state index contributed by atoms with van der Waals surface area (Å²) in [6.45, 7) is 4.02. The Bertz CT molecular complexity index is 690. The van der Waals surface area contributed by atoms with Crippen LogP contribution in [0.15, 0.2) is 59.9 Å². The first kappa shape index (κ1) is 17.2. The Hall–Kier alpha value is -3.14. The second-order valence-corrected chi connectivity index (χ2v) is 5.46. The molecule has 0 atom stereocenters. The zero-order chi connectivity index (χ0) is 17.4. The Morgan fingerprint density at radius 1 is 0.667 bits per heavy atom. The molecule has 2 N–H and O–H groups in total. The number of rotatable bonds is 7. The lowest BCUT2D eigenvalue weighted by atomic mass is 10.1. The minimum atomic E-state index is 0.515. The summed E-state index contributed by atoms with van der Waals surface area (Å²) < 4.78 is 0. The van der Waals surface area contributed by atoms with Crippen molar-refractivity contribution in [3.63, 3.8) is 0 Å². The zero-order valence-electron chi connectivity index (χ0n) is 13.7. The van der Waals surface area contributed by atoms with Crippen molar-refractivity contribution in [3.8, 4) is 0 Å². The molecule has 0 radical (unpaired) electrons. The van der Waals surface area contributed by atoms with Crippen LogP contribution in [0, 0.1) is 13.8 Å². The summed E-state index contributed by atoms with van der Waals surface area (Å²) in [5.41, 5.74) is 5.18. The van der Waals surface area contributed by atoms with Gasteiger partial charge in [-0.2, -0.15) is 0 Å². The third kappa shape index (κ3) is 4.95. The molecule has 2 aromatic rings. The van der Waals surface area contributed by atoms with Gasteiger partial charge in [-0.25, -0.2) is 0 Å². The van der Waals surface area contributed by atoms with E-state index in [4.69, 9.17) is 0 Å². The average molecular weight is 320 g/mol. The lowest BCUT2D eigenvalue weighted by Crippen LogP contribution is -2.21. The third-order valence-corrected chi connectivity index (χ3v) is 3.50. The maximum absolute atomic E-state index is 11.0. The lowest BCUT2D eigenvalue weighted by Gasteiger charge is -2.11. The summed E-state index contributed by atoms with van der Waals surface area (Å²) in [7, 11) is 0. The van der Waals surface area contributed by atoms with Gasteiger partial charge in [0.1, 0.15) is 0 Å². The fourth-order valence-electron chi connectivity index (χ4n) is 2.18. The summed E-state index contributed by atoms with van der Waals surface area (Å²) in [5, 5.41) is 5.31. The molecule has 0 aliphatic rings. The molecule has 0 unspecified atom stereocenters. The molecule has 0 saturated heterocycles. The predicted octanol–water partition coefficient (Wildman–Crippen LogP) is 3.18. The number of amides is 2. The van der Waals surface area contributed by atoms with Gasteiger partial charge in [0, 0.05) is 0 Å². The van der Waals surface area contributed by atoms with Gasteiger partial charge < -0.3 is 10.6 Å². The van der Waals surface area contributed by atoms with Crippen LogP contribution in [0.3, 0.4) is 0 Å². The molecule has 0 aliphatic heterocycles. The smallest absolute Gasteiger partial charge is 0.211 e. The van der Waals surface area contributed by atoms with E-state index in [9.17, 15) is 9.59 Å². The highest BCUT2D eigenvalue weighted by molar-refractivity contribution is 5.72. The summed E-state index contributed by atoms with van der Waals surface area (Å²) in [4.78, 5) is 21.9. The Morgan fingerprint density at radius 3 is 1.29 bits per heavy atom. The molecule has 0 fully saturated rings. The highest BCUT2D eigenvalue weighted by Crippen LogP contribution is 2.15. The van der Waals surface area contributed by atoms with Gasteiger partial charge in [-0.15, -0.1) is 0 Å². The van der Waals surface area contributed by atoms with E-state index in [1.165, 1.54) is 0 Å². The van der Waals surface area contributed by atoms with E-state index < -0.39 is 0 Å². The van der Waals surface area contributed by atoms with Crippen molar-refractivity contribution in [2.75, 3.05) is 0 Å². The Morgan fingerprint density at radius 2 is 1.00 bits per heavy atom. The molecule has 0 saturated carbocycles. The minimum absolute atomic E-state index is 0.515. The van der Waals surface area contributed by atoms with Crippen LogP contribution in [0.25, 0.3) is 12.2 Å². The van der Waals surface area contributed by atoms with Crippen molar-refractivity contribution < 1.29 is 9.59 Å². The maximum Gasteiger partial charge on any atom is 0.211 e. The molecule has 2 aromatic carbocycles. The summed E-state index contributed by atoms with van der Waals surface area (Å²) >= 11 is 0. The van der Waals surface area contributed by atoms with Gasteiger partial charge in [0.25, 0.3) is 0 Å². The van der Waals surface area contributed by atoms with E-state index >= 15 is 0 Å². The van der Waals surface area contributed by atoms with E-state index in [0.717, 1.165) is 22.3 Å². The number of nitrogens with one attached hydrogen (secondary N) is 2. The number of aryl methyl sites for hydroxylation is 2. The Kier molecular flexibility index (Phi) is 6.08. The highest BCUT2D eigenvalue weighted by atomic mass is 16.1. The quantitative estimate of drug-likeness (QED) is 0.608. The van der Waals surface area contributed by atoms with Gasteiger partial charge in [0.05, 0.1) is 11.4 Å². The van der Waals surface area contributed by atoms with Gasteiger partial charge in [-0.05, 0) is 37.1 Å². The van der Waals surface area contributed by atoms with E-state index in [1.807, 2.05) is 74.5 Å². The minimum Gasteiger partial charge on any atom is -0.327 e. The van der Waals surface area contributed by atoms with E-state index in [2.05, 4.69) is 10.6 Å². The standard InChI is InChI=1S/C20H20N2O2/c1-15-3-7-17(8-4-15)11-19(21-13-23)20(22-14-24)12-18-9-5-16(2)6-10-18/h3-14H,1-2H3,(H,21,23)(H,22,24)/b19-11-,20-12-. The van der Waals surface area contributed by atoms with Crippen LogP contribution in [0.5, 0.6) is 0 Å². The van der Waals surface area contributed by atoms with Crippen LogP contribution in [0.2, 0.25) is 0 Å². The first-order chi connectivity index (χ1) is 11.6. The molecule has 122 valence electrons. The maximum atomic E-state index is 11.0. The van der Waals surface area contributed by atoms with Crippen molar-refractivity contribution in [2.24, 2.45) is 0 Å². The van der Waals surface area contributed by atoms with Gasteiger partial charge in [-0.1, -0.05) is 59.7 Å². The van der Waals surface area contributed by atoms with Crippen LogP contribution in [-0.2, 0) is 9.59 Å². The van der Waals surface area contributed by atoms with Crippen molar-refractivity contribution in [1.82, 2.24) is 10.6 Å². The highest BCUT2D eigenvalue weighted by Gasteiger charge is 2.05. The van der Waals surface area contributed by atoms with Gasteiger partial charge >= 0.3 is 0 Å². The van der Waals surface area contributed by atoms with Crippen molar-refractivity contribution >= 4 is 25.0 Å². The van der Waals surface area contributed by atoms with Crippen LogP contribution in [-0.4, -0.2) is 12.8 Å². The fourth-order valence-corrected chi connectivity index (χ4v) is 2.18. The lowest BCUT2D eigenvalue weighted by molar-refractivity contribution is -0.110. The molecular formula is C20H20N2O2. The second-order valence-electron chi connectivity index (χ2n) is 5.46. The van der Waals surface area contributed by atoms with E-state index in [1.54, 1.807) is 0 Å². The third-order valence-electron chi connectivity index (χ3n) is 3.50. The number of carbonyl (C=O) groups excluding carboxylic acids is 2. The first-order valence-corrected chi connectivity index (χ1v) is 7.60. The van der Waals surface area contributed by atoms with Crippen LogP contribution in [0.4, 0.5) is 0 Å². The van der Waals surface area contributed by atoms with Gasteiger partial charge in [-0.3, -0.25) is 9.59 Å². The molecule has 2 rings (SSSR count).